The minimum absolute atomic E-state index is 0.0121. The van der Waals surface area contributed by atoms with Crippen LogP contribution >= 0.6 is 11.3 Å². The molecule has 0 unspecified atom stereocenters. The Balaban J connectivity index is 1.35. The molecule has 0 bridgehead atoms. The molecule has 0 aliphatic carbocycles. The Morgan fingerprint density at radius 2 is 1.83 bits per heavy atom. The van der Waals surface area contributed by atoms with Crippen LogP contribution in [0.25, 0.3) is 10.6 Å². The van der Waals surface area contributed by atoms with Crippen LogP contribution in [0, 0.1) is 6.92 Å². The highest BCUT2D eigenvalue weighted by atomic mass is 32.1. The van der Waals surface area contributed by atoms with Crippen LogP contribution < -0.4 is 5.69 Å². The van der Waals surface area contributed by atoms with Gasteiger partial charge in [0.1, 0.15) is 11.6 Å². The van der Waals surface area contributed by atoms with Crippen LogP contribution in [0.2, 0.25) is 0 Å². The largest absolute Gasteiger partial charge is 0.341 e. The predicted octanol–water partition coefficient (Wildman–Crippen LogP) is 3.51. The van der Waals surface area contributed by atoms with E-state index < -0.39 is 0 Å². The van der Waals surface area contributed by atoms with Gasteiger partial charge in [0.05, 0.1) is 5.69 Å². The minimum atomic E-state index is -0.123. The van der Waals surface area contributed by atoms with Crippen LogP contribution in [0.5, 0.6) is 0 Å². The smallest absolute Gasteiger partial charge is 0.328 e. The van der Waals surface area contributed by atoms with Gasteiger partial charge in [0, 0.05) is 48.9 Å². The van der Waals surface area contributed by atoms with E-state index >= 15 is 0 Å². The molecule has 1 saturated heterocycles. The number of nitrogens with zero attached hydrogens (tertiary/aromatic N) is 4. The molecule has 3 heterocycles. The van der Waals surface area contributed by atoms with E-state index in [0.29, 0.717) is 25.6 Å². The maximum absolute atomic E-state index is 12.6. The van der Waals surface area contributed by atoms with Gasteiger partial charge in [-0.1, -0.05) is 29.8 Å². The quantitative estimate of drug-likeness (QED) is 0.647. The van der Waals surface area contributed by atoms with E-state index in [0.717, 1.165) is 29.1 Å². The molecule has 2 aromatic heterocycles. The average Bonchev–Trinajstić information content (AvgIpc) is 3.36. The van der Waals surface area contributed by atoms with Crippen LogP contribution in [0.15, 0.2) is 46.8 Å². The highest BCUT2D eigenvalue weighted by Gasteiger charge is 2.26. The summed E-state index contributed by atoms with van der Waals surface area (Å²) in [5, 5.41) is 3.21. The molecule has 7 heteroatoms. The summed E-state index contributed by atoms with van der Waals surface area (Å²) in [6.45, 7) is 6.16. The number of carbonyl (C=O) groups is 1. The van der Waals surface area contributed by atoms with Gasteiger partial charge in [-0.3, -0.25) is 13.9 Å². The lowest BCUT2D eigenvalue weighted by Crippen LogP contribution is -2.41. The van der Waals surface area contributed by atoms with Crippen molar-refractivity contribution in [1.82, 2.24) is 19.0 Å². The van der Waals surface area contributed by atoms with Crippen LogP contribution in [0.1, 0.15) is 36.9 Å². The Morgan fingerprint density at radius 1 is 1.14 bits per heavy atom. The van der Waals surface area contributed by atoms with Gasteiger partial charge < -0.3 is 4.90 Å². The van der Waals surface area contributed by atoms with Crippen molar-refractivity contribution in [2.45, 2.75) is 45.7 Å². The lowest BCUT2D eigenvalue weighted by Gasteiger charge is -2.31. The molecule has 1 aliphatic rings. The van der Waals surface area contributed by atoms with Crippen LogP contribution in [-0.2, 0) is 17.9 Å². The second kappa shape index (κ2) is 8.37. The van der Waals surface area contributed by atoms with Crippen LogP contribution in [0.3, 0.4) is 0 Å². The van der Waals surface area contributed by atoms with Gasteiger partial charge in [0.2, 0.25) is 5.91 Å². The number of rotatable bonds is 5. The van der Waals surface area contributed by atoms with E-state index in [-0.39, 0.29) is 18.1 Å². The first kappa shape index (κ1) is 19.6. The third kappa shape index (κ3) is 4.19. The van der Waals surface area contributed by atoms with Gasteiger partial charge in [-0.25, -0.2) is 9.78 Å². The van der Waals surface area contributed by atoms with Crippen molar-refractivity contribution < 1.29 is 4.79 Å². The fourth-order valence-corrected chi connectivity index (χ4v) is 4.70. The summed E-state index contributed by atoms with van der Waals surface area (Å²) in [6.07, 6.45) is 5.25. The van der Waals surface area contributed by atoms with Crippen LogP contribution in [-0.4, -0.2) is 38.0 Å². The van der Waals surface area contributed by atoms with Crippen molar-refractivity contribution in [3.05, 3.63) is 63.8 Å². The number of hydrogen-bond acceptors (Lipinski definition) is 4. The third-order valence-electron chi connectivity index (χ3n) is 5.65. The first-order valence-electron chi connectivity index (χ1n) is 10.1. The molecule has 1 aliphatic heterocycles. The normalized spacial score (nSPS) is 15.0. The Bertz CT molecular complexity index is 1040. The van der Waals surface area contributed by atoms with Crippen molar-refractivity contribution in [2.75, 3.05) is 13.1 Å². The number of piperidine rings is 1. The third-order valence-corrected chi connectivity index (χ3v) is 6.56. The summed E-state index contributed by atoms with van der Waals surface area (Å²) < 4.78 is 3.10. The highest BCUT2D eigenvalue weighted by Crippen LogP contribution is 2.32. The molecule has 6 nitrogen and oxygen atoms in total. The summed E-state index contributed by atoms with van der Waals surface area (Å²) in [5.41, 5.74) is 3.41. The van der Waals surface area contributed by atoms with E-state index in [2.05, 4.69) is 36.6 Å². The minimum Gasteiger partial charge on any atom is -0.341 e. The molecular weight excluding hydrogens is 384 g/mol. The molecule has 0 atom stereocenters. The van der Waals surface area contributed by atoms with Crippen molar-refractivity contribution in [1.29, 1.82) is 0 Å². The number of hydrogen-bond donors (Lipinski definition) is 0. The zero-order valence-electron chi connectivity index (χ0n) is 16.9. The number of aromatic nitrogens is 3. The van der Waals surface area contributed by atoms with Crippen LogP contribution in [0.4, 0.5) is 0 Å². The summed E-state index contributed by atoms with van der Waals surface area (Å²) in [6, 6.07) is 8.46. The number of imidazole rings is 1. The van der Waals surface area contributed by atoms with Gasteiger partial charge in [-0.2, -0.15) is 0 Å². The molecule has 1 amide bonds. The van der Waals surface area contributed by atoms with Crippen molar-refractivity contribution >= 4 is 17.2 Å². The summed E-state index contributed by atoms with van der Waals surface area (Å²) in [5.74, 6) is 0.399. The van der Waals surface area contributed by atoms with E-state index in [9.17, 15) is 9.59 Å². The second-order valence-electron chi connectivity index (χ2n) is 7.59. The Kier molecular flexibility index (Phi) is 5.67. The van der Waals surface area contributed by atoms with Crippen molar-refractivity contribution in [3.63, 3.8) is 0 Å². The molecule has 0 saturated carbocycles. The van der Waals surface area contributed by atoms with Gasteiger partial charge >= 0.3 is 5.69 Å². The van der Waals surface area contributed by atoms with E-state index in [1.807, 2.05) is 11.8 Å². The summed E-state index contributed by atoms with van der Waals surface area (Å²) in [4.78, 5) is 31.5. The summed E-state index contributed by atoms with van der Waals surface area (Å²) in [7, 11) is 0. The van der Waals surface area contributed by atoms with Gasteiger partial charge in [-0.15, -0.1) is 11.3 Å². The lowest BCUT2D eigenvalue weighted by molar-refractivity contribution is -0.132. The Morgan fingerprint density at radius 3 is 2.48 bits per heavy atom. The number of likely N-dealkylation sites (tertiary alicyclic amines) is 1. The van der Waals surface area contributed by atoms with Gasteiger partial charge in [-0.05, 0) is 26.7 Å². The number of thiazole rings is 1. The van der Waals surface area contributed by atoms with Crippen molar-refractivity contribution in [2.24, 2.45) is 0 Å². The number of amides is 1. The SMILES string of the molecule is CCn1ccn(CC(=O)N2CCC(c3csc(-c4ccc(C)cc4)n3)CC2)c1=O. The first-order valence-corrected chi connectivity index (χ1v) is 11.0. The standard InChI is InChI=1S/C22H26N4O2S/c1-3-24-12-13-26(22(24)28)14-20(27)25-10-8-17(9-11-25)19-15-29-21(23-19)18-6-4-16(2)5-7-18/h4-7,12-13,15,17H,3,8-11,14H2,1-2H3. The maximum atomic E-state index is 12.6. The van der Waals surface area contributed by atoms with Gasteiger partial charge in [0.25, 0.3) is 0 Å². The molecule has 0 N–H and O–H groups in total. The number of carbonyl (C=O) groups excluding carboxylic acids is 1. The Hall–Kier alpha value is -2.67. The predicted molar refractivity (Wildman–Crippen MR) is 115 cm³/mol. The molecule has 3 aromatic rings. The van der Waals surface area contributed by atoms with E-state index in [1.165, 1.54) is 10.1 Å². The molecule has 1 fully saturated rings. The fraction of sp³-hybridized carbons (Fsp3) is 0.409. The molecular formula is C22H26N4O2S. The molecule has 29 heavy (non-hydrogen) atoms. The first-order chi connectivity index (χ1) is 14.0. The zero-order chi connectivity index (χ0) is 20.4. The maximum Gasteiger partial charge on any atom is 0.328 e. The second-order valence-corrected chi connectivity index (χ2v) is 8.45. The van der Waals surface area contributed by atoms with Crippen molar-refractivity contribution in [3.8, 4) is 10.6 Å². The fourth-order valence-electron chi connectivity index (χ4n) is 3.79. The molecule has 0 spiro atoms. The molecule has 4 rings (SSSR count). The van der Waals surface area contributed by atoms with E-state index in [1.54, 1.807) is 28.3 Å². The number of aryl methyl sites for hydroxylation is 2. The van der Waals surface area contributed by atoms with Gasteiger partial charge in [0.15, 0.2) is 0 Å². The topological polar surface area (TPSA) is 60.1 Å². The molecule has 152 valence electrons. The Labute approximate surface area is 174 Å². The summed E-state index contributed by atoms with van der Waals surface area (Å²) >= 11 is 1.69. The average molecular weight is 411 g/mol. The zero-order valence-corrected chi connectivity index (χ0v) is 17.7. The highest BCUT2D eigenvalue weighted by molar-refractivity contribution is 7.13. The lowest BCUT2D eigenvalue weighted by atomic mass is 9.94. The monoisotopic (exact) mass is 410 g/mol. The number of benzene rings is 1. The molecule has 0 radical (unpaired) electrons. The molecule has 1 aromatic carbocycles. The van der Waals surface area contributed by atoms with E-state index in [4.69, 9.17) is 4.98 Å².